The topological polar surface area (TPSA) is 91.8 Å². The molecule has 0 bridgehead atoms. The molecule has 0 saturated carbocycles. The Labute approximate surface area is 198 Å². The van der Waals surface area contributed by atoms with Gasteiger partial charge in [0.25, 0.3) is 0 Å². The zero-order valence-electron chi connectivity index (χ0n) is 19.3. The van der Waals surface area contributed by atoms with Crippen molar-refractivity contribution in [2.75, 3.05) is 0 Å². The van der Waals surface area contributed by atoms with Gasteiger partial charge in [0.1, 0.15) is 6.04 Å². The number of fused-ring (bicyclic) bond motifs is 2. The van der Waals surface area contributed by atoms with Gasteiger partial charge in [-0.2, -0.15) is 5.10 Å². The van der Waals surface area contributed by atoms with Crippen LogP contribution in [0.5, 0.6) is 0 Å². The van der Waals surface area contributed by atoms with Crippen molar-refractivity contribution < 1.29 is 9.59 Å². The maximum Gasteiger partial charge on any atom is 0.243 e. The predicted octanol–water partition coefficient (Wildman–Crippen LogP) is 3.65. The fourth-order valence-electron chi connectivity index (χ4n) is 4.91. The molecule has 2 heterocycles. The van der Waals surface area contributed by atoms with Crippen molar-refractivity contribution >= 4 is 22.7 Å². The first kappa shape index (κ1) is 21.9. The minimum absolute atomic E-state index is 0.111. The molecule has 7 nitrogen and oxygen atoms in total. The van der Waals surface area contributed by atoms with Crippen LogP contribution in [0.4, 0.5) is 0 Å². The number of nitrogens with zero attached hydrogens (tertiary/aromatic N) is 2. The molecule has 2 aromatic carbocycles. The summed E-state index contributed by atoms with van der Waals surface area (Å²) in [6.07, 6.45) is 7.00. The van der Waals surface area contributed by atoms with Crippen LogP contribution in [0, 0.1) is 0 Å². The van der Waals surface area contributed by atoms with E-state index in [2.05, 4.69) is 32.8 Å². The Morgan fingerprint density at radius 3 is 2.76 bits per heavy atom. The van der Waals surface area contributed by atoms with E-state index < -0.39 is 6.04 Å². The average Bonchev–Trinajstić information content (AvgIpc) is 3.44. The number of aromatic amines is 1. The summed E-state index contributed by atoms with van der Waals surface area (Å²) in [6.45, 7) is 2.16. The lowest BCUT2D eigenvalue weighted by Gasteiger charge is -2.27. The molecule has 0 radical (unpaired) electrons. The van der Waals surface area contributed by atoms with E-state index in [1.54, 1.807) is 0 Å². The lowest BCUT2D eigenvalue weighted by atomic mass is 9.92. The smallest absolute Gasteiger partial charge is 0.243 e. The van der Waals surface area contributed by atoms with Crippen LogP contribution in [0.1, 0.15) is 48.2 Å². The number of hydrogen-bond donors (Lipinski definition) is 3. The van der Waals surface area contributed by atoms with E-state index in [1.165, 1.54) is 18.2 Å². The molecule has 2 atom stereocenters. The van der Waals surface area contributed by atoms with Crippen LogP contribution in [0.3, 0.4) is 0 Å². The Morgan fingerprint density at radius 1 is 1.15 bits per heavy atom. The SMILES string of the molecule is CC(=O)NC(Cc1c[nH]c2ccccc12)C(=O)NC1CCCc2c1cnn2Cc1ccccc1. The third-order valence-electron chi connectivity index (χ3n) is 6.55. The van der Waals surface area contributed by atoms with Crippen LogP contribution < -0.4 is 10.6 Å². The molecule has 4 aromatic rings. The fraction of sp³-hybridized carbons (Fsp3) is 0.296. The monoisotopic (exact) mass is 455 g/mol. The number of carbonyl (C=O) groups excluding carboxylic acids is 2. The first-order valence-corrected chi connectivity index (χ1v) is 11.8. The molecular weight excluding hydrogens is 426 g/mol. The number of benzene rings is 2. The van der Waals surface area contributed by atoms with Gasteiger partial charge in [0.2, 0.25) is 11.8 Å². The molecule has 1 aliphatic rings. The molecule has 0 aliphatic heterocycles. The lowest BCUT2D eigenvalue weighted by molar-refractivity contribution is -0.128. The standard InChI is InChI=1S/C27H29N5O2/c1-18(33)30-25(14-20-15-28-23-11-6-5-10-21(20)23)27(34)31-24-12-7-13-26-22(24)16-29-32(26)17-19-8-3-2-4-9-19/h2-6,8-11,15-16,24-25,28H,7,12-14,17H2,1H3,(H,30,33)(H,31,34). The zero-order valence-corrected chi connectivity index (χ0v) is 19.3. The highest BCUT2D eigenvalue weighted by Crippen LogP contribution is 2.30. The Balaban J connectivity index is 1.33. The minimum atomic E-state index is -0.651. The zero-order chi connectivity index (χ0) is 23.5. The van der Waals surface area contributed by atoms with E-state index in [4.69, 9.17) is 0 Å². The quantitative estimate of drug-likeness (QED) is 0.397. The van der Waals surface area contributed by atoms with Gasteiger partial charge in [0, 0.05) is 41.7 Å². The van der Waals surface area contributed by atoms with Crippen molar-refractivity contribution in [3.63, 3.8) is 0 Å². The molecule has 2 aromatic heterocycles. The second-order valence-corrected chi connectivity index (χ2v) is 8.96. The Hall–Kier alpha value is -3.87. The molecule has 0 spiro atoms. The van der Waals surface area contributed by atoms with Gasteiger partial charge in [-0.1, -0.05) is 48.5 Å². The van der Waals surface area contributed by atoms with Gasteiger partial charge < -0.3 is 15.6 Å². The van der Waals surface area contributed by atoms with Crippen LogP contribution in [0.15, 0.2) is 67.0 Å². The van der Waals surface area contributed by atoms with Crippen molar-refractivity contribution in [2.24, 2.45) is 0 Å². The van der Waals surface area contributed by atoms with E-state index in [-0.39, 0.29) is 17.9 Å². The molecule has 2 amide bonds. The van der Waals surface area contributed by atoms with Crippen LogP contribution in [-0.4, -0.2) is 32.6 Å². The van der Waals surface area contributed by atoms with E-state index in [9.17, 15) is 9.59 Å². The number of nitrogens with one attached hydrogen (secondary N) is 3. The van der Waals surface area contributed by atoms with E-state index in [0.717, 1.165) is 41.3 Å². The number of carbonyl (C=O) groups is 2. The highest BCUT2D eigenvalue weighted by Gasteiger charge is 2.29. The molecule has 5 rings (SSSR count). The summed E-state index contributed by atoms with van der Waals surface area (Å²) in [5.74, 6) is -0.394. The summed E-state index contributed by atoms with van der Waals surface area (Å²) < 4.78 is 2.04. The lowest BCUT2D eigenvalue weighted by Crippen LogP contribution is -2.48. The fourth-order valence-corrected chi connectivity index (χ4v) is 4.91. The molecule has 174 valence electrons. The second-order valence-electron chi connectivity index (χ2n) is 8.96. The molecule has 1 aliphatic carbocycles. The molecule has 34 heavy (non-hydrogen) atoms. The maximum atomic E-state index is 13.4. The van der Waals surface area contributed by atoms with Crippen molar-refractivity contribution in [2.45, 2.75) is 51.2 Å². The van der Waals surface area contributed by atoms with Crippen LogP contribution >= 0.6 is 0 Å². The van der Waals surface area contributed by atoms with Crippen LogP contribution in [-0.2, 0) is 29.0 Å². The van der Waals surface area contributed by atoms with Gasteiger partial charge in [-0.15, -0.1) is 0 Å². The molecule has 2 unspecified atom stereocenters. The number of para-hydroxylation sites is 1. The summed E-state index contributed by atoms with van der Waals surface area (Å²) >= 11 is 0. The molecule has 0 fully saturated rings. The molecule has 7 heteroatoms. The van der Waals surface area contributed by atoms with E-state index in [0.29, 0.717) is 13.0 Å². The molecular formula is C27H29N5O2. The van der Waals surface area contributed by atoms with Gasteiger partial charge in [-0.3, -0.25) is 14.3 Å². The van der Waals surface area contributed by atoms with Gasteiger partial charge in [0.05, 0.1) is 18.8 Å². The van der Waals surface area contributed by atoms with Gasteiger partial charge >= 0.3 is 0 Å². The predicted molar refractivity (Wildman–Crippen MR) is 131 cm³/mol. The first-order valence-electron chi connectivity index (χ1n) is 11.8. The highest BCUT2D eigenvalue weighted by atomic mass is 16.2. The summed E-state index contributed by atoms with van der Waals surface area (Å²) in [6, 6.07) is 17.5. The number of aromatic nitrogens is 3. The maximum absolute atomic E-state index is 13.4. The number of hydrogen-bond acceptors (Lipinski definition) is 3. The Morgan fingerprint density at radius 2 is 1.94 bits per heavy atom. The van der Waals surface area contributed by atoms with E-state index >= 15 is 0 Å². The summed E-state index contributed by atoms with van der Waals surface area (Å²) in [5, 5.41) is 11.7. The normalized spacial score (nSPS) is 16.1. The molecule has 0 saturated heterocycles. The minimum Gasteiger partial charge on any atom is -0.361 e. The second kappa shape index (κ2) is 9.55. The Bertz CT molecular complexity index is 1310. The third kappa shape index (κ3) is 4.59. The van der Waals surface area contributed by atoms with Gasteiger partial charge in [-0.05, 0) is 36.5 Å². The van der Waals surface area contributed by atoms with Crippen molar-refractivity contribution in [3.05, 3.63) is 89.4 Å². The number of rotatable bonds is 7. The first-order chi connectivity index (χ1) is 16.6. The Kier molecular flexibility index (Phi) is 6.16. The average molecular weight is 456 g/mol. The molecule has 3 N–H and O–H groups in total. The summed E-state index contributed by atoms with van der Waals surface area (Å²) in [7, 11) is 0. The van der Waals surface area contributed by atoms with Crippen molar-refractivity contribution in [1.82, 2.24) is 25.4 Å². The van der Waals surface area contributed by atoms with Crippen molar-refractivity contribution in [3.8, 4) is 0 Å². The number of amides is 2. The van der Waals surface area contributed by atoms with Crippen LogP contribution in [0.2, 0.25) is 0 Å². The summed E-state index contributed by atoms with van der Waals surface area (Å²) in [5.41, 5.74) is 5.47. The van der Waals surface area contributed by atoms with Gasteiger partial charge in [-0.25, -0.2) is 0 Å². The van der Waals surface area contributed by atoms with Gasteiger partial charge in [0.15, 0.2) is 0 Å². The third-order valence-corrected chi connectivity index (χ3v) is 6.55. The summed E-state index contributed by atoms with van der Waals surface area (Å²) in [4.78, 5) is 28.5. The highest BCUT2D eigenvalue weighted by molar-refractivity contribution is 5.89. The van der Waals surface area contributed by atoms with E-state index in [1.807, 2.05) is 59.5 Å². The number of H-pyrrole nitrogens is 1. The van der Waals surface area contributed by atoms with Crippen molar-refractivity contribution in [1.29, 1.82) is 0 Å². The largest absolute Gasteiger partial charge is 0.361 e. The van der Waals surface area contributed by atoms with Crippen LogP contribution in [0.25, 0.3) is 10.9 Å².